The van der Waals surface area contributed by atoms with Crippen LogP contribution in [0.4, 0.5) is 0 Å². The highest BCUT2D eigenvalue weighted by Crippen LogP contribution is 2.23. The Labute approximate surface area is 69.3 Å². The van der Waals surface area contributed by atoms with Gasteiger partial charge in [0.2, 0.25) is 0 Å². The lowest BCUT2D eigenvalue weighted by atomic mass is 9.90. The Hall–Kier alpha value is -0.380. The number of hydrogen-bond donors (Lipinski definition) is 2. The van der Waals surface area contributed by atoms with Crippen LogP contribution in [0.2, 0.25) is 0 Å². The van der Waals surface area contributed by atoms with Crippen molar-refractivity contribution in [1.29, 1.82) is 0 Å². The third-order valence-corrected chi connectivity index (χ3v) is 2.18. The van der Waals surface area contributed by atoms with Crippen molar-refractivity contribution in [3.63, 3.8) is 0 Å². The van der Waals surface area contributed by atoms with Gasteiger partial charge in [-0.15, -0.1) is 0 Å². The number of halogens is 1. The number of carbonyl (C=O) groups excluding carboxylic acids is 1. The maximum atomic E-state index is 10.9. The van der Waals surface area contributed by atoms with Crippen LogP contribution in [0.15, 0.2) is 11.1 Å². The first kappa shape index (κ1) is 8.71. The molecule has 0 heterocycles. The fraction of sp³-hybridized carbons (Fsp3) is 0.571. The second-order valence-electron chi connectivity index (χ2n) is 2.66. The highest BCUT2D eigenvalue weighted by atomic mass is 35.5. The summed E-state index contributed by atoms with van der Waals surface area (Å²) in [6, 6.07) is 0. The minimum atomic E-state index is -1.11. The molecule has 0 saturated heterocycles. The van der Waals surface area contributed by atoms with Gasteiger partial charge in [-0.3, -0.25) is 4.79 Å². The first-order valence-corrected chi connectivity index (χ1v) is 3.69. The predicted molar refractivity (Wildman–Crippen MR) is 40.1 cm³/mol. The van der Waals surface area contributed by atoms with Crippen molar-refractivity contribution in [3.8, 4) is 0 Å². The van der Waals surface area contributed by atoms with Gasteiger partial charge in [0.1, 0.15) is 6.10 Å². The number of allylic oxidation sites excluding steroid dienone is 1. The first-order valence-electron chi connectivity index (χ1n) is 3.31. The Morgan fingerprint density at radius 3 is 2.64 bits per heavy atom. The van der Waals surface area contributed by atoms with Crippen LogP contribution in [-0.2, 0) is 4.79 Å². The molecule has 0 aromatic heterocycles. The molecule has 3 atom stereocenters. The highest BCUT2D eigenvalue weighted by molar-refractivity contribution is 6.32. The number of carbonyl (C=O) groups is 1. The minimum Gasteiger partial charge on any atom is -0.389 e. The SMILES string of the molecule is CC1C(=O)C=C(Cl)C(O)C1O. The molecule has 0 aromatic rings. The molecular weight excluding hydrogens is 168 g/mol. The third-order valence-electron chi connectivity index (χ3n) is 1.85. The Balaban J connectivity index is 2.92. The zero-order chi connectivity index (χ0) is 8.59. The van der Waals surface area contributed by atoms with Crippen LogP contribution < -0.4 is 0 Å². The summed E-state index contributed by atoms with van der Waals surface area (Å²) >= 11 is 5.45. The summed E-state index contributed by atoms with van der Waals surface area (Å²) in [6.45, 7) is 1.55. The van der Waals surface area contributed by atoms with Gasteiger partial charge in [0.05, 0.1) is 11.1 Å². The van der Waals surface area contributed by atoms with Crippen LogP contribution in [0.1, 0.15) is 6.92 Å². The van der Waals surface area contributed by atoms with Gasteiger partial charge in [0, 0.05) is 5.92 Å². The predicted octanol–water partition coefficient (Wildman–Crippen LogP) is 0.0497. The zero-order valence-corrected chi connectivity index (χ0v) is 6.75. The molecule has 3 nitrogen and oxygen atoms in total. The van der Waals surface area contributed by atoms with E-state index < -0.39 is 18.1 Å². The third kappa shape index (κ3) is 1.45. The Kier molecular flexibility index (Phi) is 2.32. The zero-order valence-electron chi connectivity index (χ0n) is 5.99. The summed E-state index contributed by atoms with van der Waals surface area (Å²) < 4.78 is 0. The lowest BCUT2D eigenvalue weighted by molar-refractivity contribution is -0.124. The highest BCUT2D eigenvalue weighted by Gasteiger charge is 2.33. The van der Waals surface area contributed by atoms with E-state index in [1.54, 1.807) is 6.92 Å². The van der Waals surface area contributed by atoms with Crippen LogP contribution >= 0.6 is 11.6 Å². The van der Waals surface area contributed by atoms with Gasteiger partial charge in [0.25, 0.3) is 0 Å². The average molecular weight is 177 g/mol. The smallest absolute Gasteiger partial charge is 0.162 e. The monoisotopic (exact) mass is 176 g/mol. The molecule has 62 valence electrons. The summed E-state index contributed by atoms with van der Waals surface area (Å²) in [5.41, 5.74) is 0. The molecule has 0 saturated carbocycles. The maximum absolute atomic E-state index is 10.9. The standard InChI is InChI=1S/C7H9ClO3/c1-3-5(9)2-4(8)7(11)6(3)10/h2-3,6-7,10-11H,1H3. The number of aliphatic hydroxyl groups excluding tert-OH is 2. The summed E-state index contributed by atoms with van der Waals surface area (Å²) in [6.07, 6.45) is -1.02. The number of hydrogen-bond acceptors (Lipinski definition) is 3. The molecule has 0 fully saturated rings. The van der Waals surface area contributed by atoms with Gasteiger partial charge in [-0.2, -0.15) is 0 Å². The van der Waals surface area contributed by atoms with E-state index in [0.717, 1.165) is 6.08 Å². The molecule has 0 amide bonds. The average Bonchev–Trinajstić information content (AvgIpc) is 1.97. The van der Waals surface area contributed by atoms with Crippen LogP contribution in [0, 0.1) is 5.92 Å². The van der Waals surface area contributed by atoms with Crippen molar-refractivity contribution >= 4 is 17.4 Å². The molecule has 1 aliphatic carbocycles. The lowest BCUT2D eigenvalue weighted by Crippen LogP contribution is -2.39. The summed E-state index contributed by atoms with van der Waals surface area (Å²) in [5.74, 6) is -0.805. The summed E-state index contributed by atoms with van der Waals surface area (Å²) in [4.78, 5) is 10.9. The molecule has 3 unspecified atom stereocenters. The fourth-order valence-electron chi connectivity index (χ4n) is 0.958. The van der Waals surface area contributed by atoms with E-state index in [0.29, 0.717) is 0 Å². The van der Waals surface area contributed by atoms with Crippen molar-refractivity contribution in [2.24, 2.45) is 5.92 Å². The molecule has 11 heavy (non-hydrogen) atoms. The summed E-state index contributed by atoms with van der Waals surface area (Å²) in [5, 5.41) is 18.3. The number of aliphatic hydroxyl groups is 2. The van der Waals surface area contributed by atoms with E-state index in [-0.39, 0.29) is 10.8 Å². The Morgan fingerprint density at radius 1 is 1.55 bits per heavy atom. The first-order chi connectivity index (χ1) is 5.04. The molecule has 1 rings (SSSR count). The summed E-state index contributed by atoms with van der Waals surface area (Å²) in [7, 11) is 0. The van der Waals surface area contributed by atoms with Gasteiger partial charge >= 0.3 is 0 Å². The molecule has 0 radical (unpaired) electrons. The molecule has 0 aliphatic heterocycles. The van der Waals surface area contributed by atoms with Gasteiger partial charge in [-0.25, -0.2) is 0 Å². The van der Waals surface area contributed by atoms with Crippen LogP contribution in [0.3, 0.4) is 0 Å². The minimum absolute atomic E-state index is 0.0144. The molecule has 0 aromatic carbocycles. The largest absolute Gasteiger partial charge is 0.389 e. The van der Waals surface area contributed by atoms with Crippen LogP contribution in [0.5, 0.6) is 0 Å². The lowest BCUT2D eigenvalue weighted by Gasteiger charge is -2.25. The normalized spacial score (nSPS) is 38.7. The van der Waals surface area contributed by atoms with E-state index in [1.165, 1.54) is 0 Å². The quantitative estimate of drug-likeness (QED) is 0.549. The van der Waals surface area contributed by atoms with Crippen molar-refractivity contribution in [2.75, 3.05) is 0 Å². The molecule has 4 heteroatoms. The molecule has 1 aliphatic rings. The Bertz CT molecular complexity index is 212. The van der Waals surface area contributed by atoms with Crippen LogP contribution in [0.25, 0.3) is 0 Å². The van der Waals surface area contributed by atoms with E-state index >= 15 is 0 Å². The second kappa shape index (κ2) is 2.93. The van der Waals surface area contributed by atoms with Gasteiger partial charge in [0.15, 0.2) is 5.78 Å². The molecular formula is C7H9ClO3. The fourth-order valence-corrected chi connectivity index (χ4v) is 1.19. The second-order valence-corrected chi connectivity index (χ2v) is 3.09. The van der Waals surface area contributed by atoms with Crippen molar-refractivity contribution in [2.45, 2.75) is 19.1 Å². The molecule has 0 spiro atoms. The topological polar surface area (TPSA) is 57.5 Å². The van der Waals surface area contributed by atoms with E-state index in [4.69, 9.17) is 16.7 Å². The Morgan fingerprint density at radius 2 is 2.09 bits per heavy atom. The van der Waals surface area contributed by atoms with E-state index in [2.05, 4.69) is 0 Å². The molecule has 2 N–H and O–H groups in total. The van der Waals surface area contributed by atoms with Gasteiger partial charge < -0.3 is 10.2 Å². The van der Waals surface area contributed by atoms with Gasteiger partial charge in [-0.05, 0) is 6.08 Å². The molecule has 0 bridgehead atoms. The van der Waals surface area contributed by atoms with E-state index in [9.17, 15) is 9.90 Å². The van der Waals surface area contributed by atoms with Crippen LogP contribution in [-0.4, -0.2) is 28.2 Å². The van der Waals surface area contributed by atoms with Crippen molar-refractivity contribution in [1.82, 2.24) is 0 Å². The van der Waals surface area contributed by atoms with E-state index in [1.807, 2.05) is 0 Å². The number of rotatable bonds is 0. The maximum Gasteiger partial charge on any atom is 0.162 e. The van der Waals surface area contributed by atoms with Crippen molar-refractivity contribution in [3.05, 3.63) is 11.1 Å². The van der Waals surface area contributed by atoms with Crippen molar-refractivity contribution < 1.29 is 15.0 Å². The number of ketones is 1. The van der Waals surface area contributed by atoms with Gasteiger partial charge in [-0.1, -0.05) is 18.5 Å².